The molecule has 2 aliphatic rings. The Morgan fingerprint density at radius 3 is 2.02 bits per heavy atom. The van der Waals surface area contributed by atoms with Crippen molar-refractivity contribution in [2.75, 3.05) is 78.2 Å². The Balaban J connectivity index is 0.861. The summed E-state index contributed by atoms with van der Waals surface area (Å²) in [6, 6.07) is 17.7. The number of carbonyl (C=O) groups excluding carboxylic acids is 4. The number of carbonyl (C=O) groups is 4. The summed E-state index contributed by atoms with van der Waals surface area (Å²) in [4.78, 5) is 48.2. The fraction of sp³-hybridized carbons (Fsp3) is 0.556. The number of rotatable bonds is 25. The molecule has 3 atom stereocenters. The lowest BCUT2D eigenvalue weighted by atomic mass is 9.99. The highest BCUT2D eigenvalue weighted by Crippen LogP contribution is 2.33. The molecule has 5 N–H and O–H groups in total. The maximum Gasteiger partial charge on any atom is 0.315 e. The van der Waals surface area contributed by atoms with Crippen LogP contribution in [0.25, 0.3) is 11.1 Å². The van der Waals surface area contributed by atoms with Crippen molar-refractivity contribution < 1.29 is 38.1 Å². The zero-order chi connectivity index (χ0) is 35.2. The summed E-state index contributed by atoms with van der Waals surface area (Å²) >= 11 is 1.88. The Kier molecular flexibility index (Phi) is 17.9. The van der Waals surface area contributed by atoms with E-state index in [1.54, 1.807) is 0 Å². The van der Waals surface area contributed by atoms with Crippen molar-refractivity contribution in [2.45, 2.75) is 49.4 Å². The maximum atomic E-state index is 12.7. The fourth-order valence-electron chi connectivity index (χ4n) is 5.66. The van der Waals surface area contributed by atoms with Gasteiger partial charge in [-0.1, -0.05) is 55.0 Å². The Bertz CT molecular complexity index is 1340. The van der Waals surface area contributed by atoms with Crippen LogP contribution in [0.4, 0.5) is 4.79 Å². The molecule has 13 nitrogen and oxygen atoms in total. The van der Waals surface area contributed by atoms with E-state index in [0.717, 1.165) is 36.1 Å². The molecule has 0 saturated carbocycles. The van der Waals surface area contributed by atoms with Gasteiger partial charge >= 0.3 is 6.03 Å². The molecule has 274 valence electrons. The van der Waals surface area contributed by atoms with Crippen molar-refractivity contribution in [2.24, 2.45) is 0 Å². The van der Waals surface area contributed by atoms with Crippen molar-refractivity contribution in [3.05, 3.63) is 60.2 Å². The molecule has 4 rings (SSSR count). The van der Waals surface area contributed by atoms with E-state index in [1.165, 1.54) is 0 Å². The van der Waals surface area contributed by atoms with Crippen molar-refractivity contribution in [3.8, 4) is 11.1 Å². The molecule has 2 fully saturated rings. The van der Waals surface area contributed by atoms with Gasteiger partial charge in [0.2, 0.25) is 11.8 Å². The number of ether oxygens (including phenoxy) is 4. The molecule has 0 aromatic heterocycles. The molecule has 0 aliphatic carbocycles. The van der Waals surface area contributed by atoms with Crippen molar-refractivity contribution in [1.82, 2.24) is 26.6 Å². The first kappa shape index (κ1) is 39.1. The molecule has 2 heterocycles. The van der Waals surface area contributed by atoms with E-state index in [4.69, 9.17) is 18.9 Å². The van der Waals surface area contributed by atoms with Gasteiger partial charge in [-0.15, -0.1) is 0 Å². The molecule has 2 aromatic rings. The van der Waals surface area contributed by atoms with Crippen LogP contribution in [0.3, 0.4) is 0 Å². The number of thioether (sulfide) groups is 1. The molecule has 14 heteroatoms. The van der Waals surface area contributed by atoms with Crippen molar-refractivity contribution in [1.29, 1.82) is 0 Å². The normalized spacial score (nSPS) is 17.8. The van der Waals surface area contributed by atoms with Crippen molar-refractivity contribution >= 4 is 35.5 Å². The highest BCUT2D eigenvalue weighted by molar-refractivity contribution is 8.00. The minimum Gasteiger partial charge on any atom is -0.379 e. The van der Waals surface area contributed by atoms with Gasteiger partial charge < -0.3 is 45.5 Å². The van der Waals surface area contributed by atoms with Gasteiger partial charge in [-0.2, -0.15) is 11.8 Å². The van der Waals surface area contributed by atoms with E-state index in [0.29, 0.717) is 83.1 Å². The molecule has 50 heavy (non-hydrogen) atoms. The summed E-state index contributed by atoms with van der Waals surface area (Å²) in [5.41, 5.74) is 2.52. The second-order valence-electron chi connectivity index (χ2n) is 11.9. The average molecular weight is 714 g/mol. The third-order valence-corrected chi connectivity index (χ3v) is 9.74. The molecule has 0 unspecified atom stereocenters. The Hall–Kier alpha value is -3.69. The molecular formula is C36H51N5O8S. The van der Waals surface area contributed by atoms with Gasteiger partial charge in [0.25, 0.3) is 5.91 Å². The van der Waals surface area contributed by atoms with Crippen LogP contribution >= 0.6 is 11.8 Å². The van der Waals surface area contributed by atoms with Crippen LogP contribution in [-0.2, 0) is 28.5 Å². The molecule has 5 amide bonds. The van der Waals surface area contributed by atoms with Crippen LogP contribution in [0.5, 0.6) is 0 Å². The number of hydrogen-bond donors (Lipinski definition) is 5. The van der Waals surface area contributed by atoms with E-state index >= 15 is 0 Å². The van der Waals surface area contributed by atoms with Gasteiger partial charge in [-0.25, -0.2) is 4.79 Å². The zero-order valence-electron chi connectivity index (χ0n) is 28.6. The first-order valence-electron chi connectivity index (χ1n) is 17.5. The summed E-state index contributed by atoms with van der Waals surface area (Å²) in [6.07, 6.45) is 3.41. The Morgan fingerprint density at radius 1 is 0.680 bits per heavy atom. The van der Waals surface area contributed by atoms with Crippen LogP contribution in [0.1, 0.15) is 42.5 Å². The van der Waals surface area contributed by atoms with E-state index in [9.17, 15) is 19.2 Å². The lowest BCUT2D eigenvalue weighted by molar-refractivity contribution is -0.123. The van der Waals surface area contributed by atoms with E-state index in [2.05, 4.69) is 26.6 Å². The predicted molar refractivity (Wildman–Crippen MR) is 192 cm³/mol. The standard InChI is InChI=1S/C36H51N5O8S/c42-32(13-7-6-12-31-34-30(26-50-31)40-36(45)41-34)37-15-16-38-33(43)14-18-46-20-22-48-24-25-49-23-21-47-19-17-39-35(44)29-11-5-4-10-28(29)27-8-2-1-3-9-27/h1-5,8-11,30-31,34H,6-7,12-26H2,(H,37,42)(H,38,43)(H,39,44)(H2,40,41,45)/t30-,31-,34-/m0/s1. The average Bonchev–Trinajstić information content (AvgIpc) is 3.69. The highest BCUT2D eigenvalue weighted by Gasteiger charge is 2.42. The highest BCUT2D eigenvalue weighted by atomic mass is 32.2. The minimum atomic E-state index is -0.136. The van der Waals surface area contributed by atoms with E-state index in [-0.39, 0.29) is 48.9 Å². The second-order valence-corrected chi connectivity index (χ2v) is 13.2. The second kappa shape index (κ2) is 22.9. The quantitative estimate of drug-likeness (QED) is 0.0768. The summed E-state index contributed by atoms with van der Waals surface area (Å²) in [5, 5.41) is 14.9. The number of unbranched alkanes of at least 4 members (excludes halogenated alkanes) is 1. The zero-order valence-corrected chi connectivity index (χ0v) is 29.4. The van der Waals surface area contributed by atoms with Gasteiger partial charge in [0.15, 0.2) is 0 Å². The number of amides is 5. The number of fused-ring (bicyclic) bond motifs is 1. The topological polar surface area (TPSA) is 165 Å². The third kappa shape index (κ3) is 14.3. The summed E-state index contributed by atoms with van der Waals surface area (Å²) in [5.74, 6) is 0.651. The minimum absolute atomic E-state index is 0.0198. The van der Waals surface area contributed by atoms with E-state index in [1.807, 2.05) is 66.4 Å². The molecule has 2 saturated heterocycles. The maximum absolute atomic E-state index is 12.7. The number of benzene rings is 2. The SMILES string of the molecule is O=C(CCCC[C@@H]1SC[C@@H]2NC(=O)N[C@@H]21)NCCNC(=O)CCOCCOCCOCCOCCNC(=O)c1ccccc1-c1ccccc1. The van der Waals surface area contributed by atoms with E-state index < -0.39 is 0 Å². The first-order valence-corrected chi connectivity index (χ1v) is 18.5. The number of nitrogens with one attached hydrogen (secondary N) is 5. The third-order valence-electron chi connectivity index (χ3n) is 8.23. The fourth-order valence-corrected chi connectivity index (χ4v) is 7.21. The van der Waals surface area contributed by atoms with Crippen LogP contribution in [-0.4, -0.2) is 119 Å². The summed E-state index contributed by atoms with van der Waals surface area (Å²) < 4.78 is 22.0. The predicted octanol–water partition coefficient (Wildman–Crippen LogP) is 2.50. The number of hydrogen-bond acceptors (Lipinski definition) is 9. The number of urea groups is 1. The lowest BCUT2D eigenvalue weighted by Gasteiger charge is -2.16. The Labute approximate surface area is 298 Å². The van der Waals surface area contributed by atoms with Crippen molar-refractivity contribution in [3.63, 3.8) is 0 Å². The summed E-state index contributed by atoms with van der Waals surface area (Å²) in [6.45, 7) is 4.28. The molecular weight excluding hydrogens is 662 g/mol. The Morgan fingerprint density at radius 2 is 1.30 bits per heavy atom. The van der Waals surface area contributed by atoms with Gasteiger partial charge in [-0.3, -0.25) is 14.4 Å². The first-order chi connectivity index (χ1) is 24.5. The molecule has 2 aromatic carbocycles. The largest absolute Gasteiger partial charge is 0.379 e. The van der Waals surface area contributed by atoms with Gasteiger partial charge in [0.1, 0.15) is 0 Å². The van der Waals surface area contributed by atoms with Crippen LogP contribution < -0.4 is 26.6 Å². The van der Waals surface area contributed by atoms with Gasteiger partial charge in [0, 0.05) is 49.0 Å². The molecule has 0 bridgehead atoms. The van der Waals surface area contributed by atoms with Crippen LogP contribution in [0.15, 0.2) is 54.6 Å². The van der Waals surface area contributed by atoms with Gasteiger partial charge in [-0.05, 0) is 30.0 Å². The van der Waals surface area contributed by atoms with Gasteiger partial charge in [0.05, 0.1) is 64.9 Å². The molecule has 0 spiro atoms. The van der Waals surface area contributed by atoms with Crippen LogP contribution in [0, 0.1) is 0 Å². The monoisotopic (exact) mass is 713 g/mol. The smallest absolute Gasteiger partial charge is 0.315 e. The molecule has 0 radical (unpaired) electrons. The lowest BCUT2D eigenvalue weighted by Crippen LogP contribution is -2.36. The van der Waals surface area contributed by atoms with Crippen LogP contribution in [0.2, 0.25) is 0 Å². The summed E-state index contributed by atoms with van der Waals surface area (Å²) in [7, 11) is 0. The molecule has 2 aliphatic heterocycles.